The van der Waals surface area contributed by atoms with Crippen molar-refractivity contribution in [3.05, 3.63) is 32.4 Å². The smallest absolute Gasteiger partial charge is 0.223 e. The van der Waals surface area contributed by atoms with Gasteiger partial charge in [-0.15, -0.1) is 0 Å². The van der Waals surface area contributed by atoms with Gasteiger partial charge >= 0.3 is 0 Å². The van der Waals surface area contributed by atoms with Gasteiger partial charge in [-0.3, -0.25) is 4.98 Å². The molecule has 4 rings (SSSR count). The van der Waals surface area contributed by atoms with Crippen molar-refractivity contribution in [2.24, 2.45) is 0 Å². The summed E-state index contributed by atoms with van der Waals surface area (Å²) in [5.74, 6) is 0.461. The molecule has 0 spiro atoms. The molecule has 1 aliphatic heterocycles. The summed E-state index contributed by atoms with van der Waals surface area (Å²) >= 11 is 2.18. The van der Waals surface area contributed by atoms with Crippen LogP contribution >= 0.6 is 22.6 Å². The molecule has 9 nitrogen and oxygen atoms in total. The van der Waals surface area contributed by atoms with Gasteiger partial charge in [0.15, 0.2) is 11.4 Å². The zero-order valence-corrected chi connectivity index (χ0v) is 19.8. The van der Waals surface area contributed by atoms with Crippen LogP contribution in [0.15, 0.2) is 6.20 Å². The number of hydrogen-bond donors (Lipinski definition) is 1. The number of pyridine rings is 1. The van der Waals surface area contributed by atoms with Crippen molar-refractivity contribution in [3.8, 4) is 5.75 Å². The standard InChI is InChI=1S/C20H25IN6O3/c1-10-7-23-14(11(2)16(10)28-5)8-27-18-15(17(21)24-19(22)25-18)13(26-27)6-12-9-29-20(3,4)30-12/h7,12H,6,8-9H2,1-5H3,(H2,22,24,25). The van der Waals surface area contributed by atoms with Crippen LogP contribution in [-0.2, 0) is 22.4 Å². The largest absolute Gasteiger partial charge is 0.496 e. The monoisotopic (exact) mass is 524 g/mol. The summed E-state index contributed by atoms with van der Waals surface area (Å²) < 4.78 is 19.8. The molecule has 30 heavy (non-hydrogen) atoms. The van der Waals surface area contributed by atoms with Gasteiger partial charge in [0.25, 0.3) is 0 Å². The van der Waals surface area contributed by atoms with Crippen LogP contribution in [0.3, 0.4) is 0 Å². The van der Waals surface area contributed by atoms with Crippen LogP contribution in [0.25, 0.3) is 11.0 Å². The van der Waals surface area contributed by atoms with Gasteiger partial charge < -0.3 is 19.9 Å². The van der Waals surface area contributed by atoms with E-state index in [0.717, 1.165) is 37.4 Å². The van der Waals surface area contributed by atoms with Crippen LogP contribution in [0.5, 0.6) is 5.75 Å². The Morgan fingerprint density at radius 2 is 2.07 bits per heavy atom. The zero-order chi connectivity index (χ0) is 21.6. The first-order valence-electron chi connectivity index (χ1n) is 9.67. The van der Waals surface area contributed by atoms with Crippen molar-refractivity contribution < 1.29 is 14.2 Å². The minimum Gasteiger partial charge on any atom is -0.496 e. The molecule has 0 aliphatic carbocycles. The first kappa shape index (κ1) is 21.2. The lowest BCUT2D eigenvalue weighted by molar-refractivity contribution is -0.138. The molecule has 1 aliphatic rings. The third-order valence-electron chi connectivity index (χ3n) is 5.18. The number of nitrogens with zero attached hydrogens (tertiary/aromatic N) is 5. The summed E-state index contributed by atoms with van der Waals surface area (Å²) in [6, 6.07) is 0. The number of methoxy groups -OCH3 is 1. The predicted octanol–water partition coefficient (Wildman–Crippen LogP) is 2.78. The van der Waals surface area contributed by atoms with Crippen LogP contribution < -0.4 is 10.5 Å². The molecule has 0 amide bonds. The third-order valence-corrected chi connectivity index (χ3v) is 5.96. The molecule has 3 aromatic heterocycles. The number of hydrogen-bond acceptors (Lipinski definition) is 8. The molecule has 4 heterocycles. The number of rotatable bonds is 5. The Labute approximate surface area is 188 Å². The number of ether oxygens (including phenoxy) is 3. The Morgan fingerprint density at radius 3 is 2.73 bits per heavy atom. The average molecular weight is 524 g/mol. The second kappa shape index (κ2) is 7.89. The van der Waals surface area contributed by atoms with E-state index in [1.165, 1.54) is 0 Å². The van der Waals surface area contributed by atoms with Gasteiger partial charge in [-0.2, -0.15) is 10.1 Å². The molecule has 0 saturated carbocycles. The number of nitrogen functional groups attached to an aromatic ring is 1. The highest BCUT2D eigenvalue weighted by Gasteiger charge is 2.34. The van der Waals surface area contributed by atoms with Gasteiger partial charge in [-0.25, -0.2) is 9.67 Å². The molecule has 10 heteroatoms. The van der Waals surface area contributed by atoms with Crippen molar-refractivity contribution in [1.29, 1.82) is 0 Å². The molecule has 3 aromatic rings. The second-order valence-corrected chi connectivity index (χ2v) is 8.90. The fraction of sp³-hybridized carbons (Fsp3) is 0.500. The van der Waals surface area contributed by atoms with E-state index in [2.05, 4.69) is 37.5 Å². The highest BCUT2D eigenvalue weighted by atomic mass is 127. The van der Waals surface area contributed by atoms with E-state index >= 15 is 0 Å². The second-order valence-electron chi connectivity index (χ2n) is 7.88. The van der Waals surface area contributed by atoms with E-state index in [-0.39, 0.29) is 12.1 Å². The minimum absolute atomic E-state index is 0.0840. The predicted molar refractivity (Wildman–Crippen MR) is 120 cm³/mol. The summed E-state index contributed by atoms with van der Waals surface area (Å²) in [4.78, 5) is 13.4. The number of aromatic nitrogens is 5. The van der Waals surface area contributed by atoms with Crippen LogP contribution in [0, 0.1) is 17.5 Å². The molecule has 160 valence electrons. The van der Waals surface area contributed by atoms with Crippen molar-refractivity contribution in [2.45, 2.75) is 52.6 Å². The lowest BCUT2D eigenvalue weighted by Gasteiger charge is -2.16. The normalized spacial score (nSPS) is 18.3. The summed E-state index contributed by atoms with van der Waals surface area (Å²) in [6.45, 7) is 8.76. The molecule has 0 bridgehead atoms. The van der Waals surface area contributed by atoms with Gasteiger partial charge in [-0.05, 0) is 50.3 Å². The SMILES string of the molecule is COc1c(C)cnc(Cn2nc(CC3COC(C)(C)O3)c3c(I)nc(N)nc32)c1C. The van der Waals surface area contributed by atoms with Gasteiger partial charge in [-0.1, -0.05) is 0 Å². The molecular weight excluding hydrogens is 499 g/mol. The molecule has 0 aromatic carbocycles. The minimum atomic E-state index is -0.587. The van der Waals surface area contributed by atoms with Gasteiger partial charge in [0.2, 0.25) is 5.95 Å². The molecular formula is C20H25IN6O3. The number of aryl methyl sites for hydroxylation is 1. The number of halogens is 1. The fourth-order valence-corrected chi connectivity index (χ4v) is 4.62. The van der Waals surface area contributed by atoms with Crippen molar-refractivity contribution in [2.75, 3.05) is 19.5 Å². The molecule has 1 unspecified atom stereocenters. The molecule has 1 atom stereocenters. The quantitative estimate of drug-likeness (QED) is 0.401. The van der Waals surface area contributed by atoms with Gasteiger partial charge in [0.05, 0.1) is 43.1 Å². The van der Waals surface area contributed by atoms with Crippen LogP contribution in [-0.4, -0.2) is 50.3 Å². The number of nitrogens with two attached hydrogens (primary N) is 1. The Bertz CT molecular complexity index is 1110. The average Bonchev–Trinajstić information content (AvgIpc) is 3.17. The molecule has 2 N–H and O–H groups in total. The van der Waals surface area contributed by atoms with E-state index < -0.39 is 5.79 Å². The number of fused-ring (bicyclic) bond motifs is 1. The zero-order valence-electron chi connectivity index (χ0n) is 17.7. The van der Waals surface area contributed by atoms with Crippen molar-refractivity contribution in [3.63, 3.8) is 0 Å². The van der Waals surface area contributed by atoms with Crippen molar-refractivity contribution >= 4 is 39.6 Å². The first-order valence-corrected chi connectivity index (χ1v) is 10.8. The first-order chi connectivity index (χ1) is 14.2. The number of anilines is 1. The van der Waals surface area contributed by atoms with Crippen LogP contribution in [0.1, 0.15) is 36.4 Å². The van der Waals surface area contributed by atoms with E-state index in [9.17, 15) is 0 Å². The van der Waals surface area contributed by atoms with Crippen molar-refractivity contribution in [1.82, 2.24) is 24.7 Å². The molecule has 0 radical (unpaired) electrons. The summed E-state index contributed by atoms with van der Waals surface area (Å²) in [5.41, 5.74) is 10.3. The molecule has 1 saturated heterocycles. The highest BCUT2D eigenvalue weighted by Crippen LogP contribution is 2.30. The van der Waals surface area contributed by atoms with Crippen LogP contribution in [0.2, 0.25) is 0 Å². The maximum atomic E-state index is 5.99. The van der Waals surface area contributed by atoms with Crippen LogP contribution in [0.4, 0.5) is 5.95 Å². The van der Waals surface area contributed by atoms with E-state index in [1.807, 2.05) is 38.6 Å². The summed E-state index contributed by atoms with van der Waals surface area (Å²) in [6.07, 6.45) is 2.33. The summed E-state index contributed by atoms with van der Waals surface area (Å²) in [5, 5.41) is 5.74. The van der Waals surface area contributed by atoms with Gasteiger partial charge in [0, 0.05) is 23.7 Å². The highest BCUT2D eigenvalue weighted by molar-refractivity contribution is 14.1. The summed E-state index contributed by atoms with van der Waals surface area (Å²) in [7, 11) is 1.67. The lowest BCUT2D eigenvalue weighted by Crippen LogP contribution is -2.22. The third kappa shape index (κ3) is 3.95. The lowest BCUT2D eigenvalue weighted by atomic mass is 10.1. The fourth-order valence-electron chi connectivity index (χ4n) is 3.82. The Hall–Kier alpha value is -2.05. The van der Waals surface area contributed by atoms with E-state index in [0.29, 0.717) is 25.2 Å². The maximum Gasteiger partial charge on any atom is 0.223 e. The topological polar surface area (TPSA) is 110 Å². The van der Waals surface area contributed by atoms with E-state index in [1.54, 1.807) is 7.11 Å². The maximum absolute atomic E-state index is 5.99. The van der Waals surface area contributed by atoms with Gasteiger partial charge in [0.1, 0.15) is 9.45 Å². The molecule has 1 fully saturated rings. The Morgan fingerprint density at radius 1 is 1.30 bits per heavy atom. The Kier molecular flexibility index (Phi) is 5.58. The van der Waals surface area contributed by atoms with E-state index in [4.69, 9.17) is 25.0 Å². The Balaban J connectivity index is 1.76.